The number of hydrogen-bond donors (Lipinski definition) is 1. The van der Waals surface area contributed by atoms with Gasteiger partial charge in [-0.05, 0) is 70.6 Å². The van der Waals surface area contributed by atoms with Gasteiger partial charge >= 0.3 is 0 Å². The molecule has 1 heterocycles. The third kappa shape index (κ3) is 4.52. The fraction of sp³-hybridized carbons (Fsp3) is 0.350. The molecule has 1 N–H and O–H groups in total. The summed E-state index contributed by atoms with van der Waals surface area (Å²) in [6.07, 6.45) is 2.00. The second kappa shape index (κ2) is 8.02. The van der Waals surface area contributed by atoms with Crippen LogP contribution in [-0.2, 0) is 21.2 Å². The Bertz CT molecular complexity index is 957. The van der Waals surface area contributed by atoms with Crippen LogP contribution in [0.1, 0.15) is 32.3 Å². The topological polar surface area (TPSA) is 66.5 Å². The van der Waals surface area contributed by atoms with E-state index in [1.54, 1.807) is 30.3 Å². The first-order valence-corrected chi connectivity index (χ1v) is 11.3. The van der Waals surface area contributed by atoms with E-state index >= 15 is 0 Å². The summed E-state index contributed by atoms with van der Waals surface area (Å²) >= 11 is 3.29. The van der Waals surface area contributed by atoms with Crippen LogP contribution in [0.4, 0.5) is 11.4 Å². The van der Waals surface area contributed by atoms with E-state index < -0.39 is 10.0 Å². The van der Waals surface area contributed by atoms with E-state index in [0.717, 1.165) is 17.7 Å². The maximum absolute atomic E-state index is 12.7. The molecule has 1 aliphatic rings. The van der Waals surface area contributed by atoms with E-state index in [9.17, 15) is 13.2 Å². The minimum atomic E-state index is -3.69. The standard InChI is InChI=1S/C20H23BrN2O3S/c1-14(2)11-12-23-18-9-8-16(13-15(18)7-10-20(23)24)22-27(25,26)19-6-4-3-5-17(19)21/h3-6,8-9,13-14,22H,7,10-12H2,1-2H3. The number of fused-ring (bicyclic) bond motifs is 1. The second-order valence-electron chi connectivity index (χ2n) is 7.11. The van der Waals surface area contributed by atoms with Gasteiger partial charge in [-0.25, -0.2) is 8.42 Å². The zero-order valence-electron chi connectivity index (χ0n) is 15.4. The molecular weight excluding hydrogens is 428 g/mol. The van der Waals surface area contributed by atoms with Gasteiger partial charge in [-0.3, -0.25) is 9.52 Å². The number of nitrogens with one attached hydrogen (secondary N) is 1. The van der Waals surface area contributed by atoms with Gasteiger partial charge in [0.25, 0.3) is 10.0 Å². The average molecular weight is 451 g/mol. The van der Waals surface area contributed by atoms with Crippen molar-refractivity contribution in [3.8, 4) is 0 Å². The van der Waals surface area contributed by atoms with E-state index in [0.29, 0.717) is 35.5 Å². The first-order valence-electron chi connectivity index (χ1n) is 8.98. The molecule has 0 aliphatic carbocycles. The quantitative estimate of drug-likeness (QED) is 0.700. The predicted octanol–water partition coefficient (Wildman–Crippen LogP) is 4.58. The molecule has 0 atom stereocenters. The van der Waals surface area contributed by atoms with Gasteiger partial charge in [-0.15, -0.1) is 0 Å². The minimum Gasteiger partial charge on any atom is -0.312 e. The van der Waals surface area contributed by atoms with Gasteiger partial charge in [0.2, 0.25) is 5.91 Å². The van der Waals surface area contributed by atoms with Gasteiger partial charge in [0.1, 0.15) is 4.90 Å². The molecule has 0 radical (unpaired) electrons. The van der Waals surface area contributed by atoms with Crippen molar-refractivity contribution in [2.24, 2.45) is 5.92 Å². The summed E-state index contributed by atoms with van der Waals surface area (Å²) in [4.78, 5) is 14.3. The summed E-state index contributed by atoms with van der Waals surface area (Å²) in [5.41, 5.74) is 2.38. The largest absolute Gasteiger partial charge is 0.312 e. The van der Waals surface area contributed by atoms with E-state index in [2.05, 4.69) is 34.5 Å². The highest BCUT2D eigenvalue weighted by Crippen LogP contribution is 2.32. The molecule has 0 unspecified atom stereocenters. The Morgan fingerprint density at radius 1 is 1.15 bits per heavy atom. The molecule has 0 saturated carbocycles. The second-order valence-corrected chi connectivity index (χ2v) is 9.61. The van der Waals surface area contributed by atoms with Gasteiger partial charge in [0.05, 0.1) is 0 Å². The van der Waals surface area contributed by atoms with Crippen molar-refractivity contribution in [1.82, 2.24) is 0 Å². The SMILES string of the molecule is CC(C)CCN1C(=O)CCc2cc(NS(=O)(=O)c3ccccc3Br)ccc21. The number of rotatable bonds is 6. The lowest BCUT2D eigenvalue weighted by Gasteiger charge is -2.30. The lowest BCUT2D eigenvalue weighted by atomic mass is 9.99. The lowest BCUT2D eigenvalue weighted by molar-refractivity contribution is -0.118. The molecule has 0 fully saturated rings. The number of aryl methyl sites for hydroxylation is 1. The molecule has 0 aromatic heterocycles. The molecule has 1 aliphatic heterocycles. The monoisotopic (exact) mass is 450 g/mol. The zero-order chi connectivity index (χ0) is 19.6. The van der Waals surface area contributed by atoms with E-state index in [1.807, 2.05) is 17.0 Å². The molecule has 5 nitrogen and oxygen atoms in total. The van der Waals surface area contributed by atoms with Gasteiger partial charge in [-0.2, -0.15) is 0 Å². The van der Waals surface area contributed by atoms with Gasteiger partial charge in [0.15, 0.2) is 0 Å². The Kier molecular flexibility index (Phi) is 5.91. The first-order chi connectivity index (χ1) is 12.8. The normalized spacial score (nSPS) is 14.4. The summed E-state index contributed by atoms with van der Waals surface area (Å²) in [7, 11) is -3.69. The highest BCUT2D eigenvalue weighted by molar-refractivity contribution is 9.10. The maximum atomic E-state index is 12.7. The average Bonchev–Trinajstić information content (AvgIpc) is 2.60. The number of carbonyl (C=O) groups is 1. The molecule has 7 heteroatoms. The van der Waals surface area contributed by atoms with Crippen molar-refractivity contribution in [3.05, 3.63) is 52.5 Å². The van der Waals surface area contributed by atoms with Crippen molar-refractivity contribution >= 4 is 43.2 Å². The predicted molar refractivity (Wildman–Crippen MR) is 112 cm³/mol. The molecule has 1 amide bonds. The van der Waals surface area contributed by atoms with Crippen molar-refractivity contribution in [3.63, 3.8) is 0 Å². The van der Waals surface area contributed by atoms with E-state index in [1.165, 1.54) is 0 Å². The maximum Gasteiger partial charge on any atom is 0.263 e. The van der Waals surface area contributed by atoms with Crippen LogP contribution in [0.15, 0.2) is 51.8 Å². The highest BCUT2D eigenvalue weighted by atomic mass is 79.9. The van der Waals surface area contributed by atoms with Gasteiger partial charge in [0, 0.05) is 28.8 Å². The van der Waals surface area contributed by atoms with Crippen LogP contribution in [-0.4, -0.2) is 20.9 Å². The highest BCUT2D eigenvalue weighted by Gasteiger charge is 2.25. The third-order valence-electron chi connectivity index (χ3n) is 4.59. The van der Waals surface area contributed by atoms with Gasteiger partial charge in [-0.1, -0.05) is 26.0 Å². The van der Waals surface area contributed by atoms with Crippen LogP contribution < -0.4 is 9.62 Å². The Balaban J connectivity index is 1.86. The Hall–Kier alpha value is -1.86. The fourth-order valence-electron chi connectivity index (χ4n) is 3.13. The zero-order valence-corrected chi connectivity index (χ0v) is 17.8. The summed E-state index contributed by atoms with van der Waals surface area (Å²) in [5.74, 6) is 0.642. The summed E-state index contributed by atoms with van der Waals surface area (Å²) in [5, 5.41) is 0. The van der Waals surface area contributed by atoms with Crippen LogP contribution in [0, 0.1) is 5.92 Å². The Labute approximate surface area is 169 Å². The number of amides is 1. The number of hydrogen-bond acceptors (Lipinski definition) is 3. The number of sulfonamides is 1. The van der Waals surface area contributed by atoms with Crippen LogP contribution in [0.25, 0.3) is 0 Å². The van der Waals surface area contributed by atoms with Crippen molar-refractivity contribution in [2.45, 2.75) is 38.0 Å². The van der Waals surface area contributed by atoms with Crippen molar-refractivity contribution in [2.75, 3.05) is 16.2 Å². The molecule has 0 spiro atoms. The van der Waals surface area contributed by atoms with Crippen molar-refractivity contribution < 1.29 is 13.2 Å². The Morgan fingerprint density at radius 3 is 2.59 bits per heavy atom. The molecule has 2 aromatic rings. The molecule has 2 aromatic carbocycles. The molecular formula is C20H23BrN2O3S. The summed E-state index contributed by atoms with van der Waals surface area (Å²) in [6.45, 7) is 4.95. The number of anilines is 2. The van der Waals surface area contributed by atoms with E-state index in [4.69, 9.17) is 0 Å². The number of benzene rings is 2. The fourth-order valence-corrected chi connectivity index (χ4v) is 5.18. The molecule has 3 rings (SSSR count). The lowest BCUT2D eigenvalue weighted by Crippen LogP contribution is -2.36. The number of nitrogens with zero attached hydrogens (tertiary/aromatic N) is 1. The smallest absolute Gasteiger partial charge is 0.263 e. The molecule has 0 saturated heterocycles. The van der Waals surface area contributed by atoms with Crippen LogP contribution in [0.5, 0.6) is 0 Å². The number of halogens is 1. The van der Waals surface area contributed by atoms with Crippen LogP contribution in [0.3, 0.4) is 0 Å². The summed E-state index contributed by atoms with van der Waals surface area (Å²) < 4.78 is 28.5. The third-order valence-corrected chi connectivity index (χ3v) is 6.98. The van der Waals surface area contributed by atoms with E-state index in [-0.39, 0.29) is 10.8 Å². The summed E-state index contributed by atoms with van der Waals surface area (Å²) in [6, 6.07) is 12.1. The molecule has 0 bridgehead atoms. The minimum absolute atomic E-state index is 0.129. The first kappa shape index (κ1) is 19.9. The number of carbonyl (C=O) groups excluding carboxylic acids is 1. The van der Waals surface area contributed by atoms with Crippen molar-refractivity contribution in [1.29, 1.82) is 0 Å². The Morgan fingerprint density at radius 2 is 1.89 bits per heavy atom. The van der Waals surface area contributed by atoms with Crippen LogP contribution in [0.2, 0.25) is 0 Å². The van der Waals surface area contributed by atoms with Gasteiger partial charge < -0.3 is 4.90 Å². The molecule has 27 heavy (non-hydrogen) atoms. The molecule has 144 valence electrons. The van der Waals surface area contributed by atoms with Crippen LogP contribution >= 0.6 is 15.9 Å².